The molecule has 2 N–H and O–H groups in total. The lowest BCUT2D eigenvalue weighted by Crippen LogP contribution is -2.26. The van der Waals surface area contributed by atoms with E-state index >= 15 is 0 Å². The molecular weight excluding hydrogens is 270 g/mol. The highest BCUT2D eigenvalue weighted by Crippen LogP contribution is 2.20. The molecule has 0 atom stereocenters. The number of nitro groups is 1. The van der Waals surface area contributed by atoms with E-state index in [-0.39, 0.29) is 0 Å². The van der Waals surface area contributed by atoms with Gasteiger partial charge in [0.15, 0.2) is 5.82 Å². The molecular formula is C11H17N3O2S2. The van der Waals surface area contributed by atoms with Gasteiger partial charge in [-0.1, -0.05) is 0 Å². The molecule has 1 aromatic rings. The Morgan fingerprint density at radius 1 is 1.61 bits per heavy atom. The maximum absolute atomic E-state index is 10.3. The van der Waals surface area contributed by atoms with Crippen molar-refractivity contribution in [3.63, 3.8) is 0 Å². The lowest BCUT2D eigenvalue weighted by molar-refractivity contribution is -0.404. The number of nitrogens with one attached hydrogen (secondary N) is 2. The number of hydrogen-bond acceptors (Lipinski definition) is 6. The molecule has 0 fully saturated rings. The summed E-state index contributed by atoms with van der Waals surface area (Å²) in [5.74, 6) is 2.34. The van der Waals surface area contributed by atoms with E-state index < -0.39 is 4.92 Å². The Labute approximate surface area is 115 Å². The molecule has 7 heteroatoms. The van der Waals surface area contributed by atoms with Gasteiger partial charge in [-0.2, -0.15) is 11.8 Å². The van der Waals surface area contributed by atoms with E-state index in [0.717, 1.165) is 17.7 Å². The highest BCUT2D eigenvalue weighted by atomic mass is 32.2. The number of rotatable bonds is 8. The Kier molecular flexibility index (Phi) is 6.59. The Hall–Kier alpha value is -1.21. The molecule has 0 saturated heterocycles. The van der Waals surface area contributed by atoms with Crippen molar-refractivity contribution in [1.29, 1.82) is 0 Å². The SMILES string of the molecule is CNC(=C[N+](=O)[O-])NCCSCc1ccc(C)s1. The first-order valence-corrected chi connectivity index (χ1v) is 7.49. The van der Waals surface area contributed by atoms with E-state index in [0.29, 0.717) is 12.4 Å². The summed E-state index contributed by atoms with van der Waals surface area (Å²) in [7, 11) is 1.66. The van der Waals surface area contributed by atoms with Crippen molar-refractivity contribution in [3.8, 4) is 0 Å². The Bertz CT molecular complexity index is 418. The number of nitrogens with zero attached hydrogens (tertiary/aromatic N) is 1. The topological polar surface area (TPSA) is 67.2 Å². The molecule has 0 aliphatic carbocycles. The molecule has 0 aliphatic rings. The number of hydrogen-bond donors (Lipinski definition) is 2. The van der Waals surface area contributed by atoms with Crippen LogP contribution in [0.4, 0.5) is 0 Å². The standard InChI is InChI=1S/C11H17N3O2S2/c1-9-3-4-10(18-9)8-17-6-5-13-11(12-2)7-14(15)16/h3-4,7,12-13H,5-6,8H2,1-2H3. The van der Waals surface area contributed by atoms with Crippen molar-refractivity contribution < 1.29 is 4.92 Å². The lowest BCUT2D eigenvalue weighted by atomic mass is 10.5. The first-order valence-electron chi connectivity index (χ1n) is 5.52. The van der Waals surface area contributed by atoms with E-state index in [1.807, 2.05) is 23.1 Å². The first-order chi connectivity index (χ1) is 8.61. The number of thiophene rings is 1. The highest BCUT2D eigenvalue weighted by molar-refractivity contribution is 7.98. The largest absolute Gasteiger partial charge is 0.370 e. The van der Waals surface area contributed by atoms with Gasteiger partial charge in [-0.25, -0.2) is 0 Å². The van der Waals surface area contributed by atoms with Crippen LogP contribution >= 0.6 is 23.1 Å². The number of thioether (sulfide) groups is 1. The molecule has 0 amide bonds. The fraction of sp³-hybridized carbons (Fsp3) is 0.455. The third kappa shape index (κ3) is 5.92. The molecule has 0 unspecified atom stereocenters. The van der Waals surface area contributed by atoms with E-state index in [1.165, 1.54) is 9.75 Å². The van der Waals surface area contributed by atoms with Crippen LogP contribution in [-0.2, 0) is 5.75 Å². The van der Waals surface area contributed by atoms with Crippen LogP contribution < -0.4 is 10.6 Å². The molecule has 0 aliphatic heterocycles. The summed E-state index contributed by atoms with van der Waals surface area (Å²) < 4.78 is 0. The monoisotopic (exact) mass is 287 g/mol. The Morgan fingerprint density at radius 3 is 2.94 bits per heavy atom. The predicted molar refractivity (Wildman–Crippen MR) is 77.4 cm³/mol. The fourth-order valence-corrected chi connectivity index (χ4v) is 3.16. The second-order valence-corrected chi connectivity index (χ2v) is 6.05. The Morgan fingerprint density at radius 2 is 2.39 bits per heavy atom. The van der Waals surface area contributed by atoms with E-state index in [9.17, 15) is 10.1 Å². The maximum Gasteiger partial charge on any atom is 0.274 e. The van der Waals surface area contributed by atoms with Crippen molar-refractivity contribution in [2.75, 3.05) is 19.3 Å². The van der Waals surface area contributed by atoms with Crippen LogP contribution in [0.2, 0.25) is 0 Å². The second kappa shape index (κ2) is 7.99. The van der Waals surface area contributed by atoms with Crippen LogP contribution in [0.25, 0.3) is 0 Å². The normalized spacial score (nSPS) is 11.3. The Balaban J connectivity index is 2.16. The maximum atomic E-state index is 10.3. The minimum absolute atomic E-state index is 0.438. The average Bonchev–Trinajstić information content (AvgIpc) is 2.72. The lowest BCUT2D eigenvalue weighted by Gasteiger charge is -2.07. The van der Waals surface area contributed by atoms with Gasteiger partial charge in [0.05, 0.1) is 4.92 Å². The van der Waals surface area contributed by atoms with Gasteiger partial charge in [0.1, 0.15) is 0 Å². The molecule has 0 aromatic carbocycles. The molecule has 1 rings (SSSR count). The predicted octanol–water partition coefficient (Wildman–Crippen LogP) is 2.17. The average molecular weight is 287 g/mol. The van der Waals surface area contributed by atoms with Crippen molar-refractivity contribution in [1.82, 2.24) is 10.6 Å². The molecule has 0 spiro atoms. The van der Waals surface area contributed by atoms with Crippen LogP contribution in [-0.4, -0.2) is 24.3 Å². The molecule has 18 heavy (non-hydrogen) atoms. The molecule has 0 saturated carbocycles. The van der Waals surface area contributed by atoms with Gasteiger partial charge in [-0.3, -0.25) is 10.1 Å². The van der Waals surface area contributed by atoms with Crippen LogP contribution in [0.5, 0.6) is 0 Å². The van der Waals surface area contributed by atoms with Gasteiger partial charge in [-0.15, -0.1) is 11.3 Å². The van der Waals surface area contributed by atoms with Gasteiger partial charge in [0.2, 0.25) is 0 Å². The molecule has 100 valence electrons. The van der Waals surface area contributed by atoms with Crippen molar-refractivity contribution in [2.24, 2.45) is 0 Å². The summed E-state index contributed by atoms with van der Waals surface area (Å²) in [5.41, 5.74) is 0. The van der Waals surface area contributed by atoms with Gasteiger partial charge in [0.25, 0.3) is 6.20 Å². The highest BCUT2D eigenvalue weighted by Gasteiger charge is 2.00. The molecule has 1 aromatic heterocycles. The quantitative estimate of drug-likeness (QED) is 0.436. The smallest absolute Gasteiger partial charge is 0.274 e. The van der Waals surface area contributed by atoms with E-state index in [4.69, 9.17) is 0 Å². The summed E-state index contributed by atoms with van der Waals surface area (Å²) in [6, 6.07) is 4.27. The molecule has 1 heterocycles. The van der Waals surface area contributed by atoms with Gasteiger partial charge in [-0.05, 0) is 19.1 Å². The van der Waals surface area contributed by atoms with Crippen molar-refractivity contribution in [3.05, 3.63) is 44.0 Å². The van der Waals surface area contributed by atoms with Crippen molar-refractivity contribution >= 4 is 23.1 Å². The zero-order valence-corrected chi connectivity index (χ0v) is 12.1. The minimum atomic E-state index is -0.472. The van der Waals surface area contributed by atoms with Crippen LogP contribution in [0.1, 0.15) is 9.75 Å². The van der Waals surface area contributed by atoms with Crippen LogP contribution in [0.3, 0.4) is 0 Å². The van der Waals surface area contributed by atoms with Crippen LogP contribution in [0.15, 0.2) is 24.2 Å². The van der Waals surface area contributed by atoms with E-state index in [2.05, 4.69) is 29.7 Å². The molecule has 0 radical (unpaired) electrons. The molecule has 0 bridgehead atoms. The molecule has 5 nitrogen and oxygen atoms in total. The minimum Gasteiger partial charge on any atom is -0.370 e. The van der Waals surface area contributed by atoms with E-state index in [1.54, 1.807) is 7.05 Å². The van der Waals surface area contributed by atoms with Crippen LogP contribution in [0, 0.1) is 17.0 Å². The third-order valence-corrected chi connectivity index (χ3v) is 4.30. The van der Waals surface area contributed by atoms with Gasteiger partial charge >= 0.3 is 0 Å². The van der Waals surface area contributed by atoms with Crippen molar-refractivity contribution in [2.45, 2.75) is 12.7 Å². The van der Waals surface area contributed by atoms with Gasteiger partial charge < -0.3 is 10.6 Å². The number of aryl methyl sites for hydroxylation is 1. The summed E-state index contributed by atoms with van der Waals surface area (Å²) in [5, 5.41) is 16.0. The summed E-state index contributed by atoms with van der Waals surface area (Å²) in [6.45, 7) is 2.80. The first kappa shape index (κ1) is 14.8. The van der Waals surface area contributed by atoms with Gasteiger partial charge in [0, 0.05) is 34.9 Å². The summed E-state index contributed by atoms with van der Waals surface area (Å²) >= 11 is 3.62. The zero-order chi connectivity index (χ0) is 13.4. The zero-order valence-electron chi connectivity index (χ0n) is 10.4. The summed E-state index contributed by atoms with van der Waals surface area (Å²) in [4.78, 5) is 12.5. The second-order valence-electron chi connectivity index (χ2n) is 3.57. The summed E-state index contributed by atoms with van der Waals surface area (Å²) in [6.07, 6.45) is 0.938. The third-order valence-electron chi connectivity index (χ3n) is 2.11. The fourth-order valence-electron chi connectivity index (χ4n) is 1.30.